The van der Waals surface area contributed by atoms with Crippen LogP contribution in [0.1, 0.15) is 44.7 Å². The summed E-state index contributed by atoms with van der Waals surface area (Å²) in [5, 5.41) is 3.74. The van der Waals surface area contributed by atoms with E-state index in [1.54, 1.807) is 0 Å². The van der Waals surface area contributed by atoms with Crippen LogP contribution >= 0.6 is 0 Å². The molecule has 3 heteroatoms. The van der Waals surface area contributed by atoms with E-state index in [9.17, 15) is 0 Å². The van der Waals surface area contributed by atoms with Crippen LogP contribution in [0.25, 0.3) is 0 Å². The number of nitrogens with zero attached hydrogens (tertiary/aromatic N) is 2. The molecular formula is C15H25N3. The summed E-state index contributed by atoms with van der Waals surface area (Å²) in [6.45, 7) is 8.25. The van der Waals surface area contributed by atoms with Gasteiger partial charge >= 0.3 is 0 Å². The first-order chi connectivity index (χ1) is 8.79. The third-order valence-electron chi connectivity index (χ3n) is 3.82. The van der Waals surface area contributed by atoms with Gasteiger partial charge in [-0.25, -0.2) is 0 Å². The van der Waals surface area contributed by atoms with E-state index in [2.05, 4.69) is 41.2 Å². The molecule has 0 aromatic carbocycles. The van der Waals surface area contributed by atoms with Crippen molar-refractivity contribution >= 4 is 0 Å². The maximum Gasteiger partial charge on any atom is 0.0295 e. The Hall–Kier alpha value is -0.930. The molecule has 1 N–H and O–H groups in total. The largest absolute Gasteiger partial charge is 0.307 e. The third-order valence-corrected chi connectivity index (χ3v) is 3.82. The molecule has 18 heavy (non-hydrogen) atoms. The summed E-state index contributed by atoms with van der Waals surface area (Å²) in [5.41, 5.74) is 1.33. The van der Waals surface area contributed by atoms with Crippen molar-refractivity contribution in [1.82, 2.24) is 15.2 Å². The van der Waals surface area contributed by atoms with Crippen molar-refractivity contribution in [3.8, 4) is 0 Å². The summed E-state index contributed by atoms with van der Waals surface area (Å²) >= 11 is 0. The zero-order valence-corrected chi connectivity index (χ0v) is 11.6. The second-order valence-electron chi connectivity index (χ2n) is 5.28. The van der Waals surface area contributed by atoms with Crippen molar-refractivity contribution in [3.63, 3.8) is 0 Å². The fraction of sp³-hybridized carbons (Fsp3) is 0.667. The average Bonchev–Trinajstić information content (AvgIpc) is 2.42. The zero-order chi connectivity index (χ0) is 12.8. The van der Waals surface area contributed by atoms with Crippen LogP contribution in [0.15, 0.2) is 24.5 Å². The predicted octanol–water partition coefficient (Wildman–Crippen LogP) is 2.61. The lowest BCUT2D eigenvalue weighted by Crippen LogP contribution is -2.43. The van der Waals surface area contributed by atoms with E-state index in [0.29, 0.717) is 12.1 Å². The van der Waals surface area contributed by atoms with Crippen LogP contribution in [-0.2, 0) is 0 Å². The lowest BCUT2D eigenvalue weighted by Gasteiger charge is -2.33. The number of nitrogens with one attached hydrogen (secondary N) is 1. The Morgan fingerprint density at radius 1 is 1.33 bits per heavy atom. The number of hydrogen-bond acceptors (Lipinski definition) is 3. The van der Waals surface area contributed by atoms with Crippen molar-refractivity contribution < 1.29 is 0 Å². The van der Waals surface area contributed by atoms with Gasteiger partial charge in [0.15, 0.2) is 0 Å². The van der Waals surface area contributed by atoms with Gasteiger partial charge in [0, 0.05) is 24.5 Å². The third kappa shape index (κ3) is 3.79. The fourth-order valence-corrected chi connectivity index (χ4v) is 2.74. The summed E-state index contributed by atoms with van der Waals surface area (Å²) in [5.74, 6) is 0. The predicted molar refractivity (Wildman–Crippen MR) is 75.5 cm³/mol. The van der Waals surface area contributed by atoms with Gasteiger partial charge in [0.1, 0.15) is 0 Å². The highest BCUT2D eigenvalue weighted by molar-refractivity contribution is 5.14. The van der Waals surface area contributed by atoms with Crippen LogP contribution in [0.2, 0.25) is 0 Å². The highest BCUT2D eigenvalue weighted by atomic mass is 15.1. The Morgan fingerprint density at radius 2 is 2.00 bits per heavy atom. The minimum atomic E-state index is 0.427. The standard InChI is InChI=1S/C15H25N3/c1-3-10-18-11-6-15(7-12-18)17-13(2)14-4-8-16-9-5-14/h4-5,8-9,13,15,17H,3,6-7,10-12H2,1-2H3. The topological polar surface area (TPSA) is 28.2 Å². The van der Waals surface area contributed by atoms with Gasteiger partial charge in [-0.15, -0.1) is 0 Å². The highest BCUT2D eigenvalue weighted by Gasteiger charge is 2.20. The quantitative estimate of drug-likeness (QED) is 0.867. The van der Waals surface area contributed by atoms with Gasteiger partial charge in [-0.3, -0.25) is 4.98 Å². The van der Waals surface area contributed by atoms with Crippen molar-refractivity contribution in [2.45, 2.75) is 45.2 Å². The molecule has 0 bridgehead atoms. The van der Waals surface area contributed by atoms with Crippen molar-refractivity contribution in [3.05, 3.63) is 30.1 Å². The highest BCUT2D eigenvalue weighted by Crippen LogP contribution is 2.16. The van der Waals surface area contributed by atoms with Crippen LogP contribution in [0.4, 0.5) is 0 Å². The molecule has 0 amide bonds. The zero-order valence-electron chi connectivity index (χ0n) is 11.6. The molecule has 1 aliphatic heterocycles. The maximum absolute atomic E-state index is 4.07. The van der Waals surface area contributed by atoms with Crippen molar-refractivity contribution in [2.75, 3.05) is 19.6 Å². The lowest BCUT2D eigenvalue weighted by molar-refractivity contribution is 0.192. The Kier molecular flexibility index (Phi) is 5.14. The second kappa shape index (κ2) is 6.86. The Balaban J connectivity index is 1.78. The van der Waals surface area contributed by atoms with Crippen LogP contribution in [0.5, 0.6) is 0 Å². The van der Waals surface area contributed by atoms with Crippen LogP contribution < -0.4 is 5.32 Å². The lowest BCUT2D eigenvalue weighted by atomic mass is 10.0. The fourth-order valence-electron chi connectivity index (χ4n) is 2.74. The first-order valence-corrected chi connectivity index (χ1v) is 7.18. The van der Waals surface area contributed by atoms with Crippen LogP contribution in [-0.4, -0.2) is 35.6 Å². The molecule has 1 saturated heterocycles. The number of hydrogen-bond donors (Lipinski definition) is 1. The van der Waals surface area contributed by atoms with E-state index < -0.39 is 0 Å². The molecular weight excluding hydrogens is 222 g/mol. The van der Waals surface area contributed by atoms with E-state index >= 15 is 0 Å². The van der Waals surface area contributed by atoms with Gasteiger partial charge < -0.3 is 10.2 Å². The minimum absolute atomic E-state index is 0.427. The van der Waals surface area contributed by atoms with Gasteiger partial charge in [-0.05, 0) is 63.5 Å². The summed E-state index contributed by atoms with van der Waals surface area (Å²) in [7, 11) is 0. The molecule has 0 radical (unpaired) electrons. The molecule has 1 aliphatic rings. The summed E-state index contributed by atoms with van der Waals surface area (Å²) in [6.07, 6.45) is 7.56. The molecule has 0 saturated carbocycles. The first kappa shape index (κ1) is 13.5. The smallest absolute Gasteiger partial charge is 0.0295 e. The molecule has 1 fully saturated rings. The minimum Gasteiger partial charge on any atom is -0.307 e. The summed E-state index contributed by atoms with van der Waals surface area (Å²) in [6, 6.07) is 5.30. The van der Waals surface area contributed by atoms with E-state index in [1.165, 1.54) is 44.5 Å². The number of aromatic nitrogens is 1. The van der Waals surface area contributed by atoms with Gasteiger partial charge in [0.25, 0.3) is 0 Å². The summed E-state index contributed by atoms with van der Waals surface area (Å²) in [4.78, 5) is 6.65. The first-order valence-electron chi connectivity index (χ1n) is 7.18. The molecule has 100 valence electrons. The van der Waals surface area contributed by atoms with Gasteiger partial charge in [0.2, 0.25) is 0 Å². The van der Waals surface area contributed by atoms with Gasteiger partial charge in [0.05, 0.1) is 0 Å². The molecule has 1 atom stereocenters. The average molecular weight is 247 g/mol. The van der Waals surface area contributed by atoms with E-state index in [1.807, 2.05) is 12.4 Å². The molecule has 2 rings (SSSR count). The molecule has 3 nitrogen and oxygen atoms in total. The van der Waals surface area contributed by atoms with Gasteiger partial charge in [-0.1, -0.05) is 6.92 Å². The normalized spacial score (nSPS) is 19.9. The monoisotopic (exact) mass is 247 g/mol. The molecule has 1 aromatic heterocycles. The SMILES string of the molecule is CCCN1CCC(NC(C)c2ccncc2)CC1. The van der Waals surface area contributed by atoms with Crippen LogP contribution in [0.3, 0.4) is 0 Å². The molecule has 1 aromatic rings. The Morgan fingerprint density at radius 3 is 2.61 bits per heavy atom. The molecule has 2 heterocycles. The number of likely N-dealkylation sites (tertiary alicyclic amines) is 1. The van der Waals surface area contributed by atoms with Crippen molar-refractivity contribution in [1.29, 1.82) is 0 Å². The molecule has 0 aliphatic carbocycles. The maximum atomic E-state index is 4.07. The number of piperidine rings is 1. The summed E-state index contributed by atoms with van der Waals surface area (Å²) < 4.78 is 0. The Labute approximate surface area is 111 Å². The van der Waals surface area contributed by atoms with Gasteiger partial charge in [-0.2, -0.15) is 0 Å². The second-order valence-corrected chi connectivity index (χ2v) is 5.28. The molecule has 1 unspecified atom stereocenters. The molecule has 0 spiro atoms. The van der Waals surface area contributed by atoms with E-state index in [4.69, 9.17) is 0 Å². The van der Waals surface area contributed by atoms with Crippen LogP contribution in [0, 0.1) is 0 Å². The van der Waals surface area contributed by atoms with E-state index in [0.717, 1.165) is 0 Å². The van der Waals surface area contributed by atoms with E-state index in [-0.39, 0.29) is 0 Å². The number of pyridine rings is 1. The number of rotatable bonds is 5. The van der Waals surface area contributed by atoms with Crippen molar-refractivity contribution in [2.24, 2.45) is 0 Å². The Bertz CT molecular complexity index is 331.